The molecule has 1 aliphatic rings. The van der Waals surface area contributed by atoms with Gasteiger partial charge < -0.3 is 4.74 Å². The molecule has 1 aliphatic heterocycles. The molecular formula is C33H55NO7S2. The Bertz CT molecular complexity index is 1330. The molecule has 0 bridgehead atoms. The lowest BCUT2D eigenvalue weighted by Gasteiger charge is -2.20. The number of ether oxygens (including phenoxy) is 1. The summed E-state index contributed by atoms with van der Waals surface area (Å²) in [7, 11) is -9.81. The summed E-state index contributed by atoms with van der Waals surface area (Å²) in [5.41, 5.74) is 1.33. The van der Waals surface area contributed by atoms with Crippen molar-refractivity contribution >= 4 is 31.0 Å². The predicted octanol–water partition coefficient (Wildman–Crippen LogP) is 8.26. The van der Waals surface area contributed by atoms with Gasteiger partial charge in [0.15, 0.2) is 0 Å². The Morgan fingerprint density at radius 2 is 1.12 bits per heavy atom. The molecule has 1 saturated heterocycles. The Labute approximate surface area is 260 Å². The smallest absolute Gasteiger partial charge is 0.296 e. The zero-order chi connectivity index (χ0) is 31.9. The number of rotatable bonds is 18. The third-order valence-electron chi connectivity index (χ3n) is 8.03. The number of nitrogens with one attached hydrogen (secondary N) is 1. The van der Waals surface area contributed by atoms with E-state index in [0.717, 1.165) is 63.5 Å². The SMILES string of the molecule is CC1(C)COCN1.CCCCCCCCCc1c(S(=O)(=O)O)c(S(=O)(=O)O)c2ccccc2c1CCCCCCCCC. The highest BCUT2D eigenvalue weighted by Crippen LogP contribution is 2.38. The number of hydrogen-bond acceptors (Lipinski definition) is 6. The van der Waals surface area contributed by atoms with Crippen LogP contribution in [0.5, 0.6) is 0 Å². The second-order valence-electron chi connectivity index (χ2n) is 12.4. The monoisotopic (exact) mass is 641 g/mol. The van der Waals surface area contributed by atoms with E-state index in [-0.39, 0.29) is 10.9 Å². The summed E-state index contributed by atoms with van der Waals surface area (Å²) in [5, 5.41) is 3.93. The fourth-order valence-electron chi connectivity index (χ4n) is 5.70. The van der Waals surface area contributed by atoms with Crippen molar-refractivity contribution in [2.24, 2.45) is 0 Å². The lowest BCUT2D eigenvalue weighted by atomic mass is 9.91. The zero-order valence-corrected chi connectivity index (χ0v) is 28.4. The molecule has 8 nitrogen and oxygen atoms in total. The maximum absolute atomic E-state index is 12.6. The first-order valence-corrected chi connectivity index (χ1v) is 19.1. The molecule has 1 heterocycles. The number of hydrogen-bond donors (Lipinski definition) is 3. The van der Waals surface area contributed by atoms with Gasteiger partial charge in [-0.15, -0.1) is 0 Å². The van der Waals surface area contributed by atoms with E-state index in [0.29, 0.717) is 36.9 Å². The van der Waals surface area contributed by atoms with Crippen molar-refractivity contribution in [2.75, 3.05) is 13.3 Å². The molecule has 0 aliphatic carbocycles. The van der Waals surface area contributed by atoms with Crippen LogP contribution in [0.15, 0.2) is 34.1 Å². The molecule has 43 heavy (non-hydrogen) atoms. The van der Waals surface area contributed by atoms with Crippen molar-refractivity contribution in [1.82, 2.24) is 5.32 Å². The average molecular weight is 642 g/mol. The van der Waals surface area contributed by atoms with Gasteiger partial charge in [0.2, 0.25) is 0 Å². The maximum atomic E-state index is 12.6. The van der Waals surface area contributed by atoms with Gasteiger partial charge in [0, 0.05) is 10.9 Å². The van der Waals surface area contributed by atoms with E-state index < -0.39 is 30.0 Å². The largest absolute Gasteiger partial charge is 0.364 e. The first-order valence-electron chi connectivity index (χ1n) is 16.2. The predicted molar refractivity (Wildman–Crippen MR) is 175 cm³/mol. The van der Waals surface area contributed by atoms with E-state index in [1.807, 2.05) is 0 Å². The lowest BCUT2D eigenvalue weighted by molar-refractivity contribution is 0.182. The molecule has 0 aromatic heterocycles. The maximum Gasteiger partial charge on any atom is 0.296 e. The molecule has 0 spiro atoms. The molecule has 0 saturated carbocycles. The summed E-state index contributed by atoms with van der Waals surface area (Å²) in [6.45, 7) is 10.1. The molecule has 10 heteroatoms. The minimum Gasteiger partial charge on any atom is -0.364 e. The topological polar surface area (TPSA) is 130 Å². The Morgan fingerprint density at radius 3 is 1.51 bits per heavy atom. The van der Waals surface area contributed by atoms with E-state index in [2.05, 4.69) is 33.0 Å². The number of fused-ring (bicyclic) bond motifs is 1. The van der Waals surface area contributed by atoms with E-state index >= 15 is 0 Å². The summed E-state index contributed by atoms with van der Waals surface area (Å²) in [6, 6.07) is 6.68. The van der Waals surface area contributed by atoms with Crippen molar-refractivity contribution in [1.29, 1.82) is 0 Å². The van der Waals surface area contributed by atoms with Gasteiger partial charge in [-0.05, 0) is 56.0 Å². The van der Waals surface area contributed by atoms with Crippen LogP contribution in [0.2, 0.25) is 0 Å². The third-order valence-corrected chi connectivity index (χ3v) is 10.1. The second kappa shape index (κ2) is 18.4. The zero-order valence-electron chi connectivity index (χ0n) is 26.8. The van der Waals surface area contributed by atoms with Crippen molar-refractivity contribution in [3.05, 3.63) is 35.4 Å². The minimum atomic E-state index is -4.91. The van der Waals surface area contributed by atoms with Crippen LogP contribution in [0, 0.1) is 0 Å². The number of aryl methyl sites for hydroxylation is 1. The van der Waals surface area contributed by atoms with Crippen molar-refractivity contribution < 1.29 is 30.7 Å². The fraction of sp³-hybridized carbons (Fsp3) is 0.697. The lowest BCUT2D eigenvalue weighted by Crippen LogP contribution is -2.34. The van der Waals surface area contributed by atoms with E-state index in [1.165, 1.54) is 38.2 Å². The fourth-order valence-corrected chi connectivity index (χ4v) is 8.03. The Kier molecular flexibility index (Phi) is 16.1. The Balaban J connectivity index is 0.000000804. The van der Waals surface area contributed by atoms with Gasteiger partial charge in [-0.25, -0.2) is 0 Å². The first-order chi connectivity index (χ1) is 20.3. The van der Waals surface area contributed by atoms with Gasteiger partial charge in [0.25, 0.3) is 20.2 Å². The molecule has 2 aromatic carbocycles. The van der Waals surface area contributed by atoms with E-state index in [4.69, 9.17) is 4.74 Å². The summed E-state index contributed by atoms with van der Waals surface area (Å²) < 4.78 is 75.3. The van der Waals surface area contributed by atoms with Gasteiger partial charge >= 0.3 is 0 Å². The van der Waals surface area contributed by atoms with Crippen molar-refractivity contribution in [3.8, 4) is 0 Å². The number of benzene rings is 2. The highest BCUT2D eigenvalue weighted by molar-refractivity contribution is 7.89. The van der Waals surface area contributed by atoms with Gasteiger partial charge in [0.05, 0.1) is 13.3 Å². The van der Waals surface area contributed by atoms with Gasteiger partial charge in [-0.3, -0.25) is 14.4 Å². The molecule has 2 aromatic rings. The Hall–Kier alpha value is -1.56. The molecule has 0 amide bonds. The summed E-state index contributed by atoms with van der Waals surface area (Å²) in [5.74, 6) is 0. The molecule has 0 radical (unpaired) electrons. The summed E-state index contributed by atoms with van der Waals surface area (Å²) in [6.07, 6.45) is 15.9. The minimum absolute atomic E-state index is 0.133. The molecule has 3 rings (SSSR count). The standard InChI is InChI=1S/C28H44O6S2.C5H11NO/c1-3-5-7-9-11-13-15-19-23-24-20-17-18-22-26(24)28(36(32,33)34)27(35(29,30)31)25(23)21-16-14-12-10-8-6-4-2;1-5(2)3-7-4-6-5/h17-18,20,22H,3-16,19,21H2,1-2H3,(H,29,30,31)(H,32,33,34);6H,3-4H2,1-2H3. The van der Waals surface area contributed by atoms with Crippen LogP contribution >= 0.6 is 0 Å². The molecule has 3 N–H and O–H groups in total. The van der Waals surface area contributed by atoms with Crippen LogP contribution in [0.1, 0.15) is 129 Å². The first kappa shape index (κ1) is 37.6. The van der Waals surface area contributed by atoms with E-state index in [1.54, 1.807) is 18.2 Å². The van der Waals surface area contributed by atoms with Crippen molar-refractivity contribution in [3.63, 3.8) is 0 Å². The molecule has 1 fully saturated rings. The highest BCUT2D eigenvalue weighted by Gasteiger charge is 2.32. The van der Waals surface area contributed by atoms with Crippen LogP contribution in [-0.2, 0) is 37.8 Å². The number of unbranched alkanes of at least 4 members (excludes halogenated alkanes) is 12. The molecule has 0 unspecified atom stereocenters. The highest BCUT2D eigenvalue weighted by atomic mass is 32.2. The summed E-state index contributed by atoms with van der Waals surface area (Å²) in [4.78, 5) is -1.35. The van der Waals surface area contributed by atoms with Crippen LogP contribution in [-0.4, -0.2) is 44.8 Å². The average Bonchev–Trinajstić information content (AvgIpc) is 3.34. The quantitative estimate of drug-likeness (QED) is 0.110. The molecule has 246 valence electrons. The van der Waals surface area contributed by atoms with Crippen molar-refractivity contribution in [2.45, 2.75) is 146 Å². The second-order valence-corrected chi connectivity index (χ2v) is 15.1. The molecule has 0 atom stereocenters. The van der Waals surface area contributed by atoms with Gasteiger partial charge in [-0.1, -0.05) is 115 Å². The van der Waals surface area contributed by atoms with E-state index in [9.17, 15) is 25.9 Å². The van der Waals surface area contributed by atoms with Crippen LogP contribution in [0.25, 0.3) is 10.8 Å². The Morgan fingerprint density at radius 1 is 0.674 bits per heavy atom. The van der Waals surface area contributed by atoms with Crippen LogP contribution in [0.4, 0.5) is 0 Å². The summed E-state index contributed by atoms with van der Waals surface area (Å²) >= 11 is 0. The van der Waals surface area contributed by atoms with Gasteiger partial charge in [-0.2, -0.15) is 16.8 Å². The third kappa shape index (κ3) is 12.8. The van der Waals surface area contributed by atoms with Crippen LogP contribution in [0.3, 0.4) is 0 Å². The van der Waals surface area contributed by atoms with Gasteiger partial charge in [0.1, 0.15) is 9.79 Å². The normalized spacial score (nSPS) is 15.0. The molecular weight excluding hydrogens is 586 g/mol. The van der Waals surface area contributed by atoms with Crippen LogP contribution < -0.4 is 5.32 Å².